The van der Waals surface area contributed by atoms with Crippen molar-refractivity contribution in [1.29, 1.82) is 0 Å². The minimum atomic E-state index is -0.679. The molecule has 0 aromatic heterocycles. The number of nitrogens with zero attached hydrogens (tertiary/aromatic N) is 3. The standard InChI is InChI=1S/C20H30N4O3/c1-22(2)14-15-23-18(25)20(9-11-21-12-10-20)24(19(23)26)13-8-16-4-6-17(27-3)7-5-16/h4-7,21H,8-15H2,1-3H3. The van der Waals surface area contributed by atoms with Crippen LogP contribution < -0.4 is 10.1 Å². The van der Waals surface area contributed by atoms with Crippen molar-refractivity contribution in [2.75, 3.05) is 53.9 Å². The van der Waals surface area contributed by atoms with Gasteiger partial charge in [-0.15, -0.1) is 0 Å². The molecule has 3 rings (SSSR count). The summed E-state index contributed by atoms with van der Waals surface area (Å²) in [5.74, 6) is 0.793. The highest BCUT2D eigenvalue weighted by Gasteiger charge is 2.56. The van der Waals surface area contributed by atoms with E-state index in [-0.39, 0.29) is 11.9 Å². The molecule has 0 saturated carbocycles. The van der Waals surface area contributed by atoms with Gasteiger partial charge in [0.05, 0.1) is 7.11 Å². The summed E-state index contributed by atoms with van der Waals surface area (Å²) in [6.45, 7) is 3.20. The summed E-state index contributed by atoms with van der Waals surface area (Å²) in [5, 5.41) is 3.31. The molecule has 1 spiro atoms. The van der Waals surface area contributed by atoms with Crippen LogP contribution in [0.25, 0.3) is 0 Å². The number of hydrogen-bond donors (Lipinski definition) is 1. The van der Waals surface area contributed by atoms with E-state index in [4.69, 9.17) is 4.74 Å². The van der Waals surface area contributed by atoms with Crippen molar-refractivity contribution in [2.24, 2.45) is 0 Å². The molecule has 2 aliphatic heterocycles. The Hall–Kier alpha value is -2.12. The Labute approximate surface area is 161 Å². The van der Waals surface area contributed by atoms with Crippen LogP contribution >= 0.6 is 0 Å². The van der Waals surface area contributed by atoms with E-state index < -0.39 is 5.54 Å². The van der Waals surface area contributed by atoms with Crippen LogP contribution in [0.1, 0.15) is 18.4 Å². The third kappa shape index (κ3) is 3.94. The first-order chi connectivity index (χ1) is 13.0. The van der Waals surface area contributed by atoms with E-state index in [2.05, 4.69) is 5.32 Å². The first-order valence-electron chi connectivity index (χ1n) is 9.60. The maximum absolute atomic E-state index is 13.2. The maximum Gasteiger partial charge on any atom is 0.327 e. The van der Waals surface area contributed by atoms with Crippen LogP contribution in [-0.2, 0) is 11.2 Å². The lowest BCUT2D eigenvalue weighted by Crippen LogP contribution is -2.56. The molecule has 7 nitrogen and oxygen atoms in total. The van der Waals surface area contributed by atoms with Crippen LogP contribution in [0.5, 0.6) is 5.75 Å². The number of ether oxygens (including phenoxy) is 1. The minimum absolute atomic E-state index is 0.0226. The Morgan fingerprint density at radius 3 is 2.37 bits per heavy atom. The lowest BCUT2D eigenvalue weighted by molar-refractivity contribution is -0.134. The molecule has 148 valence electrons. The molecule has 2 fully saturated rings. The molecule has 2 aliphatic rings. The fraction of sp³-hybridized carbons (Fsp3) is 0.600. The predicted octanol–water partition coefficient (Wildman–Crippen LogP) is 1.19. The second kappa shape index (κ2) is 8.27. The lowest BCUT2D eigenvalue weighted by atomic mass is 9.86. The molecule has 0 radical (unpaired) electrons. The fourth-order valence-electron chi connectivity index (χ4n) is 3.95. The predicted molar refractivity (Wildman–Crippen MR) is 104 cm³/mol. The summed E-state index contributed by atoms with van der Waals surface area (Å²) in [4.78, 5) is 31.6. The van der Waals surface area contributed by atoms with Crippen molar-refractivity contribution in [3.05, 3.63) is 29.8 Å². The summed E-state index contributed by atoms with van der Waals surface area (Å²) in [6.07, 6.45) is 2.08. The highest BCUT2D eigenvalue weighted by molar-refractivity contribution is 6.07. The van der Waals surface area contributed by atoms with Crippen LogP contribution in [0, 0.1) is 0 Å². The molecule has 1 aromatic carbocycles. The van der Waals surface area contributed by atoms with Gasteiger partial charge in [0.2, 0.25) is 0 Å². The van der Waals surface area contributed by atoms with Crippen LogP contribution in [0.2, 0.25) is 0 Å². The summed E-state index contributed by atoms with van der Waals surface area (Å²) < 4.78 is 5.20. The summed E-state index contributed by atoms with van der Waals surface area (Å²) in [7, 11) is 5.55. The van der Waals surface area contributed by atoms with Crippen LogP contribution in [-0.4, -0.2) is 86.1 Å². The number of piperidine rings is 1. The quantitative estimate of drug-likeness (QED) is 0.726. The Morgan fingerprint density at radius 1 is 1.11 bits per heavy atom. The van der Waals surface area contributed by atoms with Gasteiger partial charge in [-0.25, -0.2) is 4.79 Å². The highest BCUT2D eigenvalue weighted by Crippen LogP contribution is 2.35. The topological polar surface area (TPSA) is 65.1 Å². The SMILES string of the molecule is COc1ccc(CCN2C(=O)N(CCN(C)C)C(=O)C23CCNCC3)cc1. The highest BCUT2D eigenvalue weighted by atomic mass is 16.5. The third-order valence-electron chi connectivity index (χ3n) is 5.61. The molecule has 1 N–H and O–H groups in total. The first-order valence-corrected chi connectivity index (χ1v) is 9.60. The molecule has 7 heteroatoms. The number of amides is 3. The average molecular weight is 374 g/mol. The maximum atomic E-state index is 13.2. The zero-order valence-corrected chi connectivity index (χ0v) is 16.5. The Morgan fingerprint density at radius 2 is 1.78 bits per heavy atom. The van der Waals surface area contributed by atoms with Gasteiger partial charge in [-0.2, -0.15) is 0 Å². The van der Waals surface area contributed by atoms with E-state index in [9.17, 15) is 9.59 Å². The van der Waals surface area contributed by atoms with Gasteiger partial charge in [-0.1, -0.05) is 12.1 Å². The van der Waals surface area contributed by atoms with Gasteiger partial charge in [0.25, 0.3) is 5.91 Å². The van der Waals surface area contributed by atoms with Gasteiger partial charge in [-0.05, 0) is 64.1 Å². The molecule has 0 atom stereocenters. The smallest absolute Gasteiger partial charge is 0.327 e. The van der Waals surface area contributed by atoms with Crippen molar-refractivity contribution in [1.82, 2.24) is 20.0 Å². The lowest BCUT2D eigenvalue weighted by Gasteiger charge is -2.38. The molecule has 2 saturated heterocycles. The Kier molecular flexibility index (Phi) is 6.01. The first kappa shape index (κ1) is 19.6. The average Bonchev–Trinajstić information content (AvgIpc) is 2.86. The van der Waals surface area contributed by atoms with Crippen molar-refractivity contribution >= 4 is 11.9 Å². The molecule has 27 heavy (non-hydrogen) atoms. The largest absolute Gasteiger partial charge is 0.497 e. The number of hydrogen-bond acceptors (Lipinski definition) is 5. The number of nitrogens with one attached hydrogen (secondary N) is 1. The normalized spacial score (nSPS) is 19.4. The van der Waals surface area contributed by atoms with E-state index in [1.165, 1.54) is 4.90 Å². The van der Waals surface area contributed by atoms with E-state index in [1.807, 2.05) is 48.2 Å². The number of carbonyl (C=O) groups excluding carboxylic acids is 2. The van der Waals surface area contributed by atoms with Crippen molar-refractivity contribution in [3.63, 3.8) is 0 Å². The van der Waals surface area contributed by atoms with Gasteiger partial charge >= 0.3 is 6.03 Å². The number of benzene rings is 1. The van der Waals surface area contributed by atoms with Crippen LogP contribution in [0.15, 0.2) is 24.3 Å². The molecule has 0 unspecified atom stereocenters. The number of likely N-dealkylation sites (N-methyl/N-ethyl adjacent to an activating group) is 1. The summed E-state index contributed by atoms with van der Waals surface area (Å²) in [5.41, 5.74) is 0.452. The number of urea groups is 1. The van der Waals surface area contributed by atoms with Gasteiger partial charge in [-0.3, -0.25) is 9.69 Å². The molecular formula is C20H30N4O3. The zero-order chi connectivity index (χ0) is 19.4. The summed E-state index contributed by atoms with van der Waals surface area (Å²) in [6, 6.07) is 7.74. The Bertz CT molecular complexity index is 668. The second-order valence-electron chi connectivity index (χ2n) is 7.57. The summed E-state index contributed by atoms with van der Waals surface area (Å²) >= 11 is 0. The zero-order valence-electron chi connectivity index (χ0n) is 16.5. The Balaban J connectivity index is 1.76. The van der Waals surface area contributed by atoms with Crippen LogP contribution in [0.3, 0.4) is 0 Å². The molecule has 0 aliphatic carbocycles. The third-order valence-corrected chi connectivity index (χ3v) is 5.61. The van der Waals surface area contributed by atoms with Crippen molar-refractivity contribution in [3.8, 4) is 5.75 Å². The molecular weight excluding hydrogens is 344 g/mol. The molecule has 1 aromatic rings. The van der Waals surface area contributed by atoms with Gasteiger partial charge in [0.1, 0.15) is 11.3 Å². The van der Waals surface area contributed by atoms with E-state index >= 15 is 0 Å². The molecule has 3 amide bonds. The molecule has 0 bridgehead atoms. The van der Waals surface area contributed by atoms with Crippen molar-refractivity contribution < 1.29 is 14.3 Å². The minimum Gasteiger partial charge on any atom is -0.497 e. The van der Waals surface area contributed by atoms with Crippen molar-refractivity contribution in [2.45, 2.75) is 24.8 Å². The number of carbonyl (C=O) groups is 2. The van der Waals surface area contributed by atoms with Gasteiger partial charge < -0.3 is 19.9 Å². The monoisotopic (exact) mass is 374 g/mol. The number of methoxy groups -OCH3 is 1. The second-order valence-corrected chi connectivity index (χ2v) is 7.57. The molecule has 2 heterocycles. The number of rotatable bonds is 7. The van der Waals surface area contributed by atoms with Crippen LogP contribution in [0.4, 0.5) is 4.79 Å². The van der Waals surface area contributed by atoms with Gasteiger partial charge in [0.15, 0.2) is 0 Å². The fourth-order valence-corrected chi connectivity index (χ4v) is 3.95. The van der Waals surface area contributed by atoms with E-state index in [0.29, 0.717) is 32.5 Å². The number of imide groups is 1. The van der Waals surface area contributed by atoms with Gasteiger partial charge in [0, 0.05) is 19.6 Å². The van der Waals surface area contributed by atoms with E-state index in [1.54, 1.807) is 7.11 Å². The van der Waals surface area contributed by atoms with E-state index in [0.717, 1.165) is 30.8 Å².